The Hall–Kier alpha value is -2.09. The molecular formula is C20H23NO. The molecule has 0 saturated heterocycles. The number of hydrogen-bond donors (Lipinski definition) is 0. The van der Waals surface area contributed by atoms with Crippen molar-refractivity contribution in [3.63, 3.8) is 0 Å². The summed E-state index contributed by atoms with van der Waals surface area (Å²) in [6.07, 6.45) is 0. The van der Waals surface area contributed by atoms with E-state index < -0.39 is 0 Å². The number of hydrogen-bond acceptors (Lipinski definition) is 1. The number of carbonyl (C=O) groups is 1. The molecule has 0 aromatic heterocycles. The van der Waals surface area contributed by atoms with Gasteiger partial charge in [-0.3, -0.25) is 4.79 Å². The molecule has 0 radical (unpaired) electrons. The van der Waals surface area contributed by atoms with E-state index in [1.54, 1.807) is 0 Å². The zero-order valence-electron chi connectivity index (χ0n) is 13.3. The molecule has 2 aromatic carbocycles. The van der Waals surface area contributed by atoms with Gasteiger partial charge in [0, 0.05) is 24.9 Å². The van der Waals surface area contributed by atoms with Gasteiger partial charge in [-0.15, -0.1) is 0 Å². The van der Waals surface area contributed by atoms with Gasteiger partial charge in [-0.2, -0.15) is 0 Å². The largest absolute Gasteiger partial charge is 0.343 e. The second kappa shape index (κ2) is 6.35. The predicted molar refractivity (Wildman–Crippen MR) is 89.8 cm³/mol. The van der Waals surface area contributed by atoms with Crippen LogP contribution in [0.3, 0.4) is 0 Å². The summed E-state index contributed by atoms with van der Waals surface area (Å²) in [4.78, 5) is 14.8. The van der Waals surface area contributed by atoms with Crippen molar-refractivity contribution in [2.45, 2.75) is 25.7 Å². The molecule has 0 spiro atoms. The van der Waals surface area contributed by atoms with Crippen LogP contribution in [0.1, 0.15) is 36.8 Å². The Balaban J connectivity index is 1.91. The molecule has 2 atom stereocenters. The summed E-state index contributed by atoms with van der Waals surface area (Å²) in [5.74, 6) is 1.02. The fraction of sp³-hybridized carbons (Fsp3) is 0.350. The number of nitrogens with zero attached hydrogens (tertiary/aromatic N) is 1. The summed E-state index contributed by atoms with van der Waals surface area (Å²) in [6, 6.07) is 20.9. The Morgan fingerprint density at radius 3 is 1.59 bits per heavy atom. The minimum absolute atomic E-state index is 0.0877. The van der Waals surface area contributed by atoms with Crippen LogP contribution in [0.15, 0.2) is 60.7 Å². The molecule has 1 aliphatic carbocycles. The second-order valence-corrected chi connectivity index (χ2v) is 5.91. The fourth-order valence-electron chi connectivity index (χ4n) is 3.54. The van der Waals surface area contributed by atoms with E-state index in [9.17, 15) is 4.79 Å². The third-order valence-corrected chi connectivity index (χ3v) is 4.75. The van der Waals surface area contributed by atoms with Gasteiger partial charge < -0.3 is 4.90 Å². The highest BCUT2D eigenvalue weighted by atomic mass is 16.2. The molecule has 1 fully saturated rings. The number of amides is 1. The molecule has 3 rings (SSSR count). The lowest BCUT2D eigenvalue weighted by Crippen LogP contribution is -2.32. The Labute approximate surface area is 132 Å². The normalized spacial score (nSPS) is 23.1. The van der Waals surface area contributed by atoms with Gasteiger partial charge in [0.15, 0.2) is 0 Å². The summed E-state index contributed by atoms with van der Waals surface area (Å²) >= 11 is 0. The molecule has 0 heterocycles. The van der Waals surface area contributed by atoms with Gasteiger partial charge in [0.2, 0.25) is 5.91 Å². The minimum Gasteiger partial charge on any atom is -0.343 e. The van der Waals surface area contributed by atoms with Crippen molar-refractivity contribution in [1.82, 2.24) is 4.90 Å². The Kier molecular flexibility index (Phi) is 4.28. The van der Waals surface area contributed by atoms with Crippen molar-refractivity contribution in [3.8, 4) is 0 Å². The van der Waals surface area contributed by atoms with Crippen molar-refractivity contribution < 1.29 is 4.79 Å². The van der Waals surface area contributed by atoms with Gasteiger partial charge in [0.25, 0.3) is 0 Å². The summed E-state index contributed by atoms with van der Waals surface area (Å²) in [5.41, 5.74) is 2.56. The van der Waals surface area contributed by atoms with Crippen molar-refractivity contribution in [3.05, 3.63) is 71.8 Å². The van der Waals surface area contributed by atoms with E-state index in [4.69, 9.17) is 0 Å². The van der Waals surface area contributed by atoms with E-state index in [0.717, 1.165) is 13.1 Å². The smallest absolute Gasteiger partial charge is 0.226 e. The maximum Gasteiger partial charge on any atom is 0.226 e. The molecule has 2 aromatic rings. The van der Waals surface area contributed by atoms with Crippen LogP contribution in [-0.2, 0) is 4.79 Å². The maximum absolute atomic E-state index is 12.9. The van der Waals surface area contributed by atoms with Gasteiger partial charge in [0.1, 0.15) is 0 Å². The fourth-order valence-corrected chi connectivity index (χ4v) is 3.54. The van der Waals surface area contributed by atoms with E-state index in [-0.39, 0.29) is 5.92 Å². The van der Waals surface area contributed by atoms with Gasteiger partial charge in [0.05, 0.1) is 5.92 Å². The topological polar surface area (TPSA) is 20.3 Å². The highest BCUT2D eigenvalue weighted by Gasteiger charge is 2.56. The van der Waals surface area contributed by atoms with E-state index in [1.165, 1.54) is 11.1 Å². The zero-order chi connectivity index (χ0) is 15.5. The molecule has 1 saturated carbocycles. The first-order valence-corrected chi connectivity index (χ1v) is 8.16. The van der Waals surface area contributed by atoms with Crippen molar-refractivity contribution in [2.75, 3.05) is 13.1 Å². The summed E-state index contributed by atoms with van der Waals surface area (Å²) in [5, 5.41) is 0. The molecule has 0 aliphatic heterocycles. The summed E-state index contributed by atoms with van der Waals surface area (Å²) in [7, 11) is 0. The molecule has 2 nitrogen and oxygen atoms in total. The highest BCUT2D eigenvalue weighted by Crippen LogP contribution is 2.61. The van der Waals surface area contributed by atoms with Crippen LogP contribution in [0.5, 0.6) is 0 Å². The molecule has 114 valence electrons. The first-order valence-electron chi connectivity index (χ1n) is 8.16. The monoisotopic (exact) mass is 293 g/mol. The second-order valence-electron chi connectivity index (χ2n) is 5.91. The van der Waals surface area contributed by atoms with E-state index >= 15 is 0 Å². The van der Waals surface area contributed by atoms with Gasteiger partial charge >= 0.3 is 0 Å². The van der Waals surface area contributed by atoms with Crippen LogP contribution in [0.4, 0.5) is 0 Å². The SMILES string of the molecule is CCN(CC)C(=O)C1C(c2ccccc2)C1c1ccccc1. The van der Waals surface area contributed by atoms with E-state index in [2.05, 4.69) is 62.4 Å². The molecule has 22 heavy (non-hydrogen) atoms. The lowest BCUT2D eigenvalue weighted by molar-refractivity contribution is -0.132. The van der Waals surface area contributed by atoms with Crippen molar-refractivity contribution in [1.29, 1.82) is 0 Å². The van der Waals surface area contributed by atoms with Crippen LogP contribution in [0.2, 0.25) is 0 Å². The average Bonchev–Trinajstić information content (AvgIpc) is 3.33. The van der Waals surface area contributed by atoms with Gasteiger partial charge in [-0.25, -0.2) is 0 Å². The van der Waals surface area contributed by atoms with Gasteiger partial charge in [-0.05, 0) is 25.0 Å². The third-order valence-electron chi connectivity index (χ3n) is 4.75. The standard InChI is InChI=1S/C20H23NO/c1-3-21(4-2)20(22)19-17(15-11-7-5-8-12-15)18(19)16-13-9-6-10-14-16/h5-14,17-19H,3-4H2,1-2H3. The average molecular weight is 293 g/mol. The summed E-state index contributed by atoms with van der Waals surface area (Å²) in [6.45, 7) is 5.68. The maximum atomic E-state index is 12.9. The van der Waals surface area contributed by atoms with Crippen LogP contribution >= 0.6 is 0 Å². The minimum atomic E-state index is 0.0877. The summed E-state index contributed by atoms with van der Waals surface area (Å²) < 4.78 is 0. The Morgan fingerprint density at radius 2 is 1.23 bits per heavy atom. The molecule has 0 N–H and O–H groups in total. The van der Waals surface area contributed by atoms with Crippen LogP contribution in [0, 0.1) is 5.92 Å². The quantitative estimate of drug-likeness (QED) is 0.814. The first-order chi connectivity index (χ1) is 10.8. The van der Waals surface area contributed by atoms with Gasteiger partial charge in [-0.1, -0.05) is 60.7 Å². The lowest BCUT2D eigenvalue weighted by atomic mass is 10.0. The van der Waals surface area contributed by atoms with E-state index in [0.29, 0.717) is 17.7 Å². The first kappa shape index (κ1) is 14.8. The molecule has 2 unspecified atom stereocenters. The molecular weight excluding hydrogens is 270 g/mol. The van der Waals surface area contributed by atoms with Crippen LogP contribution in [-0.4, -0.2) is 23.9 Å². The third kappa shape index (κ3) is 2.66. The predicted octanol–water partition coefficient (Wildman–Crippen LogP) is 4.05. The Bertz CT molecular complexity index is 573. The zero-order valence-corrected chi connectivity index (χ0v) is 13.3. The van der Waals surface area contributed by atoms with Crippen molar-refractivity contribution >= 4 is 5.91 Å². The molecule has 0 bridgehead atoms. The molecule has 2 heteroatoms. The van der Waals surface area contributed by atoms with Crippen molar-refractivity contribution in [2.24, 2.45) is 5.92 Å². The lowest BCUT2D eigenvalue weighted by Gasteiger charge is -2.18. The Morgan fingerprint density at radius 1 is 0.818 bits per heavy atom. The molecule has 1 amide bonds. The van der Waals surface area contributed by atoms with E-state index in [1.807, 2.05) is 17.0 Å². The number of benzene rings is 2. The van der Waals surface area contributed by atoms with Crippen LogP contribution < -0.4 is 0 Å². The van der Waals surface area contributed by atoms with Crippen LogP contribution in [0.25, 0.3) is 0 Å². The number of rotatable bonds is 5. The molecule has 1 aliphatic rings. The number of carbonyl (C=O) groups excluding carboxylic acids is 1. The highest BCUT2D eigenvalue weighted by molar-refractivity contribution is 5.85.